The monoisotopic (exact) mass is 254 g/mol. The SMILES string of the molecule is NC(=NO)c1cnc(Sc2nncs2)cn1. The highest BCUT2D eigenvalue weighted by atomic mass is 32.2. The molecular weight excluding hydrogens is 248 g/mol. The standard InChI is InChI=1S/C7H6N6OS2/c8-6(13-14)4-1-10-5(2-9-4)16-7-12-11-3-15-7/h1-3,14H,(H2,8,13). The van der Waals surface area contributed by atoms with Crippen molar-refractivity contribution in [1.82, 2.24) is 20.2 Å². The zero-order valence-electron chi connectivity index (χ0n) is 7.81. The molecule has 0 atom stereocenters. The van der Waals surface area contributed by atoms with Crippen molar-refractivity contribution in [2.45, 2.75) is 9.37 Å². The van der Waals surface area contributed by atoms with E-state index in [0.717, 1.165) is 4.34 Å². The molecule has 0 aliphatic heterocycles. The Hall–Kier alpha value is -1.74. The van der Waals surface area contributed by atoms with Gasteiger partial charge in [0, 0.05) is 0 Å². The molecule has 0 amide bonds. The third-order valence-corrected chi connectivity index (χ3v) is 3.23. The zero-order chi connectivity index (χ0) is 11.4. The molecule has 0 saturated carbocycles. The maximum Gasteiger partial charge on any atom is 0.190 e. The van der Waals surface area contributed by atoms with E-state index in [0.29, 0.717) is 10.7 Å². The van der Waals surface area contributed by atoms with Crippen molar-refractivity contribution in [2.75, 3.05) is 0 Å². The highest BCUT2D eigenvalue weighted by Crippen LogP contribution is 2.25. The van der Waals surface area contributed by atoms with Gasteiger partial charge in [0.2, 0.25) is 0 Å². The van der Waals surface area contributed by atoms with Crippen LogP contribution < -0.4 is 5.73 Å². The van der Waals surface area contributed by atoms with Crippen molar-refractivity contribution in [3.05, 3.63) is 23.6 Å². The van der Waals surface area contributed by atoms with Crippen LogP contribution in [-0.4, -0.2) is 31.2 Å². The average Bonchev–Trinajstić information content (AvgIpc) is 2.82. The number of oxime groups is 1. The van der Waals surface area contributed by atoms with Crippen LogP contribution >= 0.6 is 23.1 Å². The summed E-state index contributed by atoms with van der Waals surface area (Å²) in [5.41, 5.74) is 7.31. The van der Waals surface area contributed by atoms with Crippen LogP contribution in [0.5, 0.6) is 0 Å². The van der Waals surface area contributed by atoms with Crippen molar-refractivity contribution in [1.29, 1.82) is 0 Å². The summed E-state index contributed by atoms with van der Waals surface area (Å²) in [5, 5.41) is 19.5. The molecule has 0 spiro atoms. The number of rotatable bonds is 3. The summed E-state index contributed by atoms with van der Waals surface area (Å²) in [7, 11) is 0. The topological polar surface area (TPSA) is 110 Å². The molecule has 7 nitrogen and oxygen atoms in total. The Balaban J connectivity index is 2.14. The number of aromatic nitrogens is 4. The third kappa shape index (κ3) is 2.44. The molecule has 0 unspecified atom stereocenters. The van der Waals surface area contributed by atoms with E-state index in [1.54, 1.807) is 5.51 Å². The van der Waals surface area contributed by atoms with Crippen molar-refractivity contribution in [2.24, 2.45) is 10.9 Å². The van der Waals surface area contributed by atoms with Crippen LogP contribution in [0.15, 0.2) is 32.4 Å². The van der Waals surface area contributed by atoms with Gasteiger partial charge in [-0.3, -0.25) is 0 Å². The summed E-state index contributed by atoms with van der Waals surface area (Å²) in [6, 6.07) is 0. The van der Waals surface area contributed by atoms with Gasteiger partial charge in [-0.15, -0.1) is 10.2 Å². The van der Waals surface area contributed by atoms with Gasteiger partial charge in [-0.1, -0.05) is 16.5 Å². The molecule has 2 heterocycles. The van der Waals surface area contributed by atoms with Crippen molar-refractivity contribution in [3.8, 4) is 0 Å². The van der Waals surface area contributed by atoms with Crippen LogP contribution in [0.3, 0.4) is 0 Å². The van der Waals surface area contributed by atoms with E-state index in [9.17, 15) is 0 Å². The molecule has 0 aromatic carbocycles. The molecule has 0 radical (unpaired) electrons. The van der Waals surface area contributed by atoms with Crippen LogP contribution in [0, 0.1) is 0 Å². The first-order chi connectivity index (χ1) is 7.79. The highest BCUT2D eigenvalue weighted by Gasteiger charge is 2.05. The fourth-order valence-electron chi connectivity index (χ4n) is 0.849. The van der Waals surface area contributed by atoms with Crippen LogP contribution in [0.2, 0.25) is 0 Å². The summed E-state index contributed by atoms with van der Waals surface area (Å²) in [4.78, 5) is 8.08. The van der Waals surface area contributed by atoms with Gasteiger partial charge in [-0.05, 0) is 11.8 Å². The number of hydrogen-bond acceptors (Lipinski definition) is 8. The predicted molar refractivity (Wildman–Crippen MR) is 58.6 cm³/mol. The fourth-order valence-corrected chi connectivity index (χ4v) is 2.18. The summed E-state index contributed by atoms with van der Waals surface area (Å²) >= 11 is 2.77. The number of nitrogens with zero attached hydrogens (tertiary/aromatic N) is 5. The van der Waals surface area contributed by atoms with E-state index < -0.39 is 0 Å². The van der Waals surface area contributed by atoms with E-state index in [-0.39, 0.29) is 5.84 Å². The quantitative estimate of drug-likeness (QED) is 0.356. The first-order valence-electron chi connectivity index (χ1n) is 4.03. The summed E-state index contributed by atoms with van der Waals surface area (Å²) in [5.74, 6) is -0.0695. The average molecular weight is 254 g/mol. The minimum absolute atomic E-state index is 0.0695. The molecular formula is C7H6N6OS2. The lowest BCUT2D eigenvalue weighted by atomic mass is 10.4. The molecule has 0 bridgehead atoms. The minimum atomic E-state index is -0.0695. The Bertz CT molecular complexity index is 482. The Morgan fingerprint density at radius 2 is 2.31 bits per heavy atom. The molecule has 2 aromatic heterocycles. The molecule has 0 aliphatic rings. The van der Waals surface area contributed by atoms with Crippen LogP contribution in [-0.2, 0) is 0 Å². The van der Waals surface area contributed by atoms with Crippen LogP contribution in [0.25, 0.3) is 0 Å². The molecule has 0 fully saturated rings. The molecule has 0 saturated heterocycles. The van der Waals surface area contributed by atoms with E-state index in [1.807, 2.05) is 0 Å². The number of amidine groups is 1. The summed E-state index contributed by atoms with van der Waals surface area (Å²) in [6.45, 7) is 0. The van der Waals surface area contributed by atoms with Crippen LogP contribution in [0.1, 0.15) is 5.69 Å². The number of nitrogens with two attached hydrogens (primary N) is 1. The number of hydrogen-bond donors (Lipinski definition) is 2. The van der Waals surface area contributed by atoms with Crippen LogP contribution in [0.4, 0.5) is 0 Å². The molecule has 82 valence electrons. The zero-order valence-corrected chi connectivity index (χ0v) is 9.44. The van der Waals surface area contributed by atoms with Crippen molar-refractivity contribution in [3.63, 3.8) is 0 Å². The Morgan fingerprint density at radius 1 is 1.44 bits per heavy atom. The van der Waals surface area contributed by atoms with Gasteiger partial charge < -0.3 is 10.9 Å². The molecule has 2 rings (SSSR count). The fraction of sp³-hybridized carbons (Fsp3) is 0. The van der Waals surface area contributed by atoms with Crippen molar-refractivity contribution < 1.29 is 5.21 Å². The summed E-state index contributed by atoms with van der Waals surface area (Å²) in [6.07, 6.45) is 2.96. The first-order valence-corrected chi connectivity index (χ1v) is 5.73. The van der Waals surface area contributed by atoms with Gasteiger partial charge in [-0.2, -0.15) is 0 Å². The van der Waals surface area contributed by atoms with Gasteiger partial charge in [0.1, 0.15) is 16.2 Å². The molecule has 0 aliphatic carbocycles. The van der Waals surface area contributed by atoms with Gasteiger partial charge in [0.15, 0.2) is 10.2 Å². The third-order valence-electron chi connectivity index (χ3n) is 1.53. The lowest BCUT2D eigenvalue weighted by molar-refractivity contribution is 0.318. The van der Waals surface area contributed by atoms with E-state index in [4.69, 9.17) is 10.9 Å². The first kappa shape index (κ1) is 10.8. The molecule has 16 heavy (non-hydrogen) atoms. The van der Waals surface area contributed by atoms with Gasteiger partial charge in [0.05, 0.1) is 12.4 Å². The second-order valence-electron chi connectivity index (χ2n) is 2.53. The van der Waals surface area contributed by atoms with Gasteiger partial charge >= 0.3 is 0 Å². The lowest BCUT2D eigenvalue weighted by Gasteiger charge is -1.98. The van der Waals surface area contributed by atoms with E-state index in [1.165, 1.54) is 35.5 Å². The molecule has 3 N–H and O–H groups in total. The maximum absolute atomic E-state index is 8.44. The minimum Gasteiger partial charge on any atom is -0.409 e. The Morgan fingerprint density at radius 3 is 2.88 bits per heavy atom. The predicted octanol–water partition coefficient (Wildman–Crippen LogP) is 0.574. The summed E-state index contributed by atoms with van der Waals surface area (Å²) < 4.78 is 0.783. The van der Waals surface area contributed by atoms with Crippen molar-refractivity contribution >= 4 is 28.9 Å². The lowest BCUT2D eigenvalue weighted by Crippen LogP contribution is -2.15. The smallest absolute Gasteiger partial charge is 0.190 e. The second kappa shape index (κ2) is 4.86. The Kier molecular flexibility index (Phi) is 3.27. The maximum atomic E-state index is 8.44. The van der Waals surface area contributed by atoms with Gasteiger partial charge in [-0.25, -0.2) is 9.97 Å². The highest BCUT2D eigenvalue weighted by molar-refractivity contribution is 8.00. The Labute approximate surface area is 98.4 Å². The molecule has 2 aromatic rings. The van der Waals surface area contributed by atoms with E-state index >= 15 is 0 Å². The largest absolute Gasteiger partial charge is 0.409 e. The van der Waals surface area contributed by atoms with Gasteiger partial charge in [0.25, 0.3) is 0 Å². The molecule has 9 heteroatoms. The van der Waals surface area contributed by atoms with E-state index in [2.05, 4.69) is 25.3 Å². The normalized spacial score (nSPS) is 11.6. The second-order valence-corrected chi connectivity index (χ2v) is 4.63.